The summed E-state index contributed by atoms with van der Waals surface area (Å²) in [4.78, 5) is 22.9. The van der Waals surface area contributed by atoms with Gasteiger partial charge in [-0.3, -0.25) is 0 Å². The van der Waals surface area contributed by atoms with Crippen molar-refractivity contribution in [3.05, 3.63) is 34.4 Å². The van der Waals surface area contributed by atoms with Crippen molar-refractivity contribution in [2.24, 2.45) is 0 Å². The van der Waals surface area contributed by atoms with E-state index < -0.39 is 11.9 Å². The van der Waals surface area contributed by atoms with Gasteiger partial charge in [-0.15, -0.1) is 0 Å². The minimum Gasteiger partial charge on any atom is -0.386 e. The molecule has 0 atom stereocenters. The molecule has 0 amide bonds. The fraction of sp³-hybridized carbons (Fsp3) is 0.333. The average Bonchev–Trinajstić information content (AvgIpc) is 2.48. The zero-order valence-electron chi connectivity index (χ0n) is 8.79. The molecule has 0 radical (unpaired) electrons. The predicted octanol–water partition coefficient (Wildman–Crippen LogP) is 2.26. The first kappa shape index (κ1) is 9.90. The molecule has 0 saturated carbocycles. The number of aryl methyl sites for hydroxylation is 2. The molecular weight excluding hydrogens is 192 g/mol. The van der Waals surface area contributed by atoms with Gasteiger partial charge in [0.05, 0.1) is 11.1 Å². The van der Waals surface area contributed by atoms with Gasteiger partial charge in [-0.05, 0) is 24.5 Å². The monoisotopic (exact) mass is 204 g/mol. The van der Waals surface area contributed by atoms with Crippen LogP contribution in [0.3, 0.4) is 0 Å². The third-order valence-electron chi connectivity index (χ3n) is 2.61. The molecular formula is C12H12O3. The van der Waals surface area contributed by atoms with E-state index in [1.807, 2.05) is 26.0 Å². The minimum atomic E-state index is -0.509. The van der Waals surface area contributed by atoms with Crippen LogP contribution < -0.4 is 0 Å². The van der Waals surface area contributed by atoms with Crippen LogP contribution in [0.2, 0.25) is 0 Å². The number of hydrogen-bond acceptors (Lipinski definition) is 3. The first-order valence-electron chi connectivity index (χ1n) is 5.04. The van der Waals surface area contributed by atoms with E-state index in [0.29, 0.717) is 11.1 Å². The highest BCUT2D eigenvalue weighted by Crippen LogP contribution is 2.27. The highest BCUT2D eigenvalue weighted by molar-refractivity contribution is 6.16. The minimum absolute atomic E-state index is 0.450. The van der Waals surface area contributed by atoms with Crippen molar-refractivity contribution in [1.82, 2.24) is 0 Å². The van der Waals surface area contributed by atoms with Crippen LogP contribution in [0, 0.1) is 6.92 Å². The maximum absolute atomic E-state index is 11.5. The first-order valence-corrected chi connectivity index (χ1v) is 5.04. The van der Waals surface area contributed by atoms with Crippen LogP contribution in [0.25, 0.3) is 0 Å². The van der Waals surface area contributed by atoms with Gasteiger partial charge in [0.2, 0.25) is 0 Å². The van der Waals surface area contributed by atoms with E-state index in [4.69, 9.17) is 0 Å². The van der Waals surface area contributed by atoms with E-state index in [0.717, 1.165) is 24.0 Å². The van der Waals surface area contributed by atoms with Gasteiger partial charge in [0, 0.05) is 0 Å². The van der Waals surface area contributed by atoms with Crippen LogP contribution in [0.1, 0.15) is 45.2 Å². The maximum Gasteiger partial charge on any atom is 0.347 e. The molecule has 0 fully saturated rings. The second-order valence-corrected chi connectivity index (χ2v) is 3.72. The van der Waals surface area contributed by atoms with Crippen molar-refractivity contribution in [3.8, 4) is 0 Å². The molecule has 3 heteroatoms. The lowest BCUT2D eigenvalue weighted by Gasteiger charge is -2.04. The number of fused-ring (bicyclic) bond motifs is 1. The van der Waals surface area contributed by atoms with Crippen molar-refractivity contribution in [2.45, 2.75) is 26.7 Å². The molecule has 1 aromatic carbocycles. The van der Waals surface area contributed by atoms with Gasteiger partial charge in [0.1, 0.15) is 0 Å². The Morgan fingerprint density at radius 3 is 2.47 bits per heavy atom. The number of carbonyl (C=O) groups excluding carboxylic acids is 2. The predicted molar refractivity (Wildman–Crippen MR) is 54.9 cm³/mol. The third-order valence-corrected chi connectivity index (χ3v) is 2.61. The zero-order valence-corrected chi connectivity index (χ0v) is 8.79. The number of cyclic esters (lactones) is 2. The quantitative estimate of drug-likeness (QED) is 0.548. The van der Waals surface area contributed by atoms with Crippen molar-refractivity contribution >= 4 is 11.9 Å². The molecule has 1 aliphatic rings. The highest BCUT2D eigenvalue weighted by Gasteiger charge is 2.33. The summed E-state index contributed by atoms with van der Waals surface area (Å²) >= 11 is 0. The smallest absolute Gasteiger partial charge is 0.347 e. The summed E-state index contributed by atoms with van der Waals surface area (Å²) in [6, 6.07) is 3.77. The topological polar surface area (TPSA) is 43.4 Å². The molecule has 0 N–H and O–H groups in total. The zero-order chi connectivity index (χ0) is 11.0. The van der Waals surface area contributed by atoms with E-state index in [2.05, 4.69) is 4.74 Å². The first-order chi connectivity index (χ1) is 7.15. The average molecular weight is 204 g/mol. The Labute approximate surface area is 88.1 Å². The summed E-state index contributed by atoms with van der Waals surface area (Å²) in [6.45, 7) is 3.85. The number of ether oxygens (including phenoxy) is 1. The molecule has 0 aliphatic carbocycles. The summed E-state index contributed by atoms with van der Waals surface area (Å²) in [7, 11) is 0. The van der Waals surface area contributed by atoms with Crippen LogP contribution in [0.5, 0.6) is 0 Å². The number of carbonyl (C=O) groups is 2. The van der Waals surface area contributed by atoms with E-state index in [1.165, 1.54) is 0 Å². The molecule has 0 aromatic heterocycles. The molecule has 1 aliphatic heterocycles. The molecule has 0 saturated heterocycles. The van der Waals surface area contributed by atoms with Crippen molar-refractivity contribution in [1.29, 1.82) is 0 Å². The third kappa shape index (κ3) is 1.44. The van der Waals surface area contributed by atoms with Gasteiger partial charge in [-0.2, -0.15) is 0 Å². The second kappa shape index (κ2) is 3.50. The van der Waals surface area contributed by atoms with E-state index in [-0.39, 0.29) is 0 Å². The van der Waals surface area contributed by atoms with E-state index in [1.54, 1.807) is 0 Å². The number of esters is 2. The van der Waals surface area contributed by atoms with Crippen LogP contribution in [-0.4, -0.2) is 11.9 Å². The van der Waals surface area contributed by atoms with Gasteiger partial charge in [-0.1, -0.05) is 25.5 Å². The normalized spacial score (nSPS) is 14.0. The fourth-order valence-corrected chi connectivity index (χ4v) is 1.91. The Hall–Kier alpha value is -1.64. The van der Waals surface area contributed by atoms with Crippen molar-refractivity contribution < 1.29 is 14.3 Å². The molecule has 0 unspecified atom stereocenters. The molecule has 15 heavy (non-hydrogen) atoms. The summed E-state index contributed by atoms with van der Waals surface area (Å²) in [6.07, 6.45) is 1.74. The number of rotatable bonds is 2. The summed E-state index contributed by atoms with van der Waals surface area (Å²) in [5, 5.41) is 0. The summed E-state index contributed by atoms with van der Waals surface area (Å²) in [5.74, 6) is -1.01. The molecule has 3 nitrogen and oxygen atoms in total. The second-order valence-electron chi connectivity index (χ2n) is 3.72. The molecule has 1 heterocycles. The van der Waals surface area contributed by atoms with Crippen LogP contribution in [0.4, 0.5) is 0 Å². The van der Waals surface area contributed by atoms with Gasteiger partial charge in [0.15, 0.2) is 0 Å². The summed E-state index contributed by atoms with van der Waals surface area (Å²) < 4.78 is 4.62. The number of hydrogen-bond donors (Lipinski definition) is 0. The number of benzene rings is 1. The van der Waals surface area contributed by atoms with Gasteiger partial charge in [-0.25, -0.2) is 9.59 Å². The van der Waals surface area contributed by atoms with Gasteiger partial charge >= 0.3 is 11.9 Å². The van der Waals surface area contributed by atoms with E-state index in [9.17, 15) is 9.59 Å². The lowest BCUT2D eigenvalue weighted by molar-refractivity contribution is 0.0443. The molecule has 0 bridgehead atoms. The lowest BCUT2D eigenvalue weighted by atomic mass is 9.96. The fourth-order valence-electron chi connectivity index (χ4n) is 1.91. The maximum atomic E-state index is 11.5. The van der Waals surface area contributed by atoms with Crippen LogP contribution in [-0.2, 0) is 11.2 Å². The Balaban J connectivity index is 2.64. The molecule has 1 aromatic rings. The Morgan fingerprint density at radius 2 is 1.80 bits per heavy atom. The van der Waals surface area contributed by atoms with Gasteiger partial charge in [0.25, 0.3) is 0 Å². The lowest BCUT2D eigenvalue weighted by Crippen LogP contribution is -2.01. The van der Waals surface area contributed by atoms with Crippen LogP contribution >= 0.6 is 0 Å². The molecule has 2 rings (SSSR count). The summed E-state index contributed by atoms with van der Waals surface area (Å²) in [5.41, 5.74) is 2.64. The van der Waals surface area contributed by atoms with Gasteiger partial charge < -0.3 is 4.74 Å². The van der Waals surface area contributed by atoms with Crippen LogP contribution in [0.15, 0.2) is 12.1 Å². The van der Waals surface area contributed by atoms with Crippen molar-refractivity contribution in [2.75, 3.05) is 0 Å². The Morgan fingerprint density at radius 1 is 1.13 bits per heavy atom. The highest BCUT2D eigenvalue weighted by atomic mass is 16.6. The Kier molecular flexibility index (Phi) is 2.31. The SMILES string of the molecule is CCCc1ccc(C)c2c1C(=O)OC2=O. The van der Waals surface area contributed by atoms with Crippen molar-refractivity contribution in [3.63, 3.8) is 0 Å². The largest absolute Gasteiger partial charge is 0.386 e. The molecule has 78 valence electrons. The standard InChI is InChI=1S/C12H12O3/c1-3-4-8-6-5-7(2)9-10(8)12(14)15-11(9)13/h5-6H,3-4H2,1-2H3. The van der Waals surface area contributed by atoms with E-state index >= 15 is 0 Å². The Bertz CT molecular complexity index is 446. The molecule has 0 spiro atoms.